The van der Waals surface area contributed by atoms with Crippen LogP contribution >= 0.6 is 0 Å². The van der Waals surface area contributed by atoms with Crippen molar-refractivity contribution in [2.24, 2.45) is 11.3 Å². The van der Waals surface area contributed by atoms with Gasteiger partial charge in [0.05, 0.1) is 0 Å². The van der Waals surface area contributed by atoms with Crippen LogP contribution in [0.1, 0.15) is 64.6 Å². The summed E-state index contributed by atoms with van der Waals surface area (Å²) < 4.78 is 0. The van der Waals surface area contributed by atoms with E-state index in [4.69, 9.17) is 10.7 Å². The maximum absolute atomic E-state index is 5.99. The number of anilines is 2. The van der Waals surface area contributed by atoms with Crippen LogP contribution in [0.5, 0.6) is 0 Å². The van der Waals surface area contributed by atoms with Crippen molar-refractivity contribution in [2.75, 3.05) is 23.7 Å². The third kappa shape index (κ3) is 3.47. The SMILES string of the molecule is CC(C)(C)C1CCCN(c2cc(N)nc(C3CC3)n2)CC1. The molecule has 1 atom stereocenters. The molecule has 1 aliphatic carbocycles. The van der Waals surface area contributed by atoms with Crippen molar-refractivity contribution < 1.29 is 0 Å². The maximum atomic E-state index is 5.99. The summed E-state index contributed by atoms with van der Waals surface area (Å²) in [6.07, 6.45) is 6.23. The molecule has 2 aliphatic rings. The summed E-state index contributed by atoms with van der Waals surface area (Å²) in [5, 5.41) is 0. The summed E-state index contributed by atoms with van der Waals surface area (Å²) in [5.41, 5.74) is 6.39. The third-order valence-corrected chi connectivity index (χ3v) is 4.97. The highest BCUT2D eigenvalue weighted by Crippen LogP contribution is 2.39. The van der Waals surface area contributed by atoms with E-state index in [9.17, 15) is 0 Å². The summed E-state index contributed by atoms with van der Waals surface area (Å²) in [6.45, 7) is 9.26. The van der Waals surface area contributed by atoms with Gasteiger partial charge in [-0.25, -0.2) is 9.97 Å². The number of nitrogens with two attached hydrogens (primary N) is 1. The second kappa shape index (κ2) is 5.47. The second-order valence-electron chi connectivity index (χ2n) is 7.76. The lowest BCUT2D eigenvalue weighted by Crippen LogP contribution is -2.27. The van der Waals surface area contributed by atoms with Crippen LogP contribution in [0.4, 0.5) is 11.6 Å². The minimum Gasteiger partial charge on any atom is -0.384 e. The van der Waals surface area contributed by atoms with Crippen molar-refractivity contribution in [3.63, 3.8) is 0 Å². The van der Waals surface area contributed by atoms with Crippen LogP contribution < -0.4 is 10.6 Å². The van der Waals surface area contributed by atoms with Gasteiger partial charge in [-0.05, 0) is 43.4 Å². The maximum Gasteiger partial charge on any atom is 0.136 e. The van der Waals surface area contributed by atoms with Gasteiger partial charge < -0.3 is 10.6 Å². The molecule has 4 heteroatoms. The van der Waals surface area contributed by atoms with E-state index < -0.39 is 0 Å². The van der Waals surface area contributed by atoms with Gasteiger partial charge in [-0.3, -0.25) is 0 Å². The van der Waals surface area contributed by atoms with Gasteiger partial charge in [0.25, 0.3) is 0 Å². The smallest absolute Gasteiger partial charge is 0.136 e. The van der Waals surface area contributed by atoms with Crippen molar-refractivity contribution in [3.8, 4) is 0 Å². The summed E-state index contributed by atoms with van der Waals surface area (Å²) in [5.74, 6) is 3.98. The Hall–Kier alpha value is -1.32. The molecule has 0 spiro atoms. The minimum absolute atomic E-state index is 0.403. The lowest BCUT2D eigenvalue weighted by Gasteiger charge is -2.30. The number of rotatable bonds is 2. The molecule has 1 unspecified atom stereocenters. The Balaban J connectivity index is 1.75. The fourth-order valence-corrected chi connectivity index (χ4v) is 3.35. The normalized spacial score (nSPS) is 24.0. The van der Waals surface area contributed by atoms with Gasteiger partial charge in [-0.2, -0.15) is 0 Å². The number of hydrogen-bond acceptors (Lipinski definition) is 4. The monoisotopic (exact) mass is 288 g/mol. The highest BCUT2D eigenvalue weighted by Gasteiger charge is 2.30. The molecule has 21 heavy (non-hydrogen) atoms. The zero-order chi connectivity index (χ0) is 15.0. The molecule has 0 bridgehead atoms. The number of nitrogen functional groups attached to an aromatic ring is 1. The van der Waals surface area contributed by atoms with E-state index in [1.165, 1.54) is 32.1 Å². The first-order valence-electron chi connectivity index (χ1n) is 8.33. The highest BCUT2D eigenvalue weighted by molar-refractivity contribution is 5.47. The highest BCUT2D eigenvalue weighted by atomic mass is 15.2. The Labute approximate surface area is 128 Å². The second-order valence-corrected chi connectivity index (χ2v) is 7.76. The average Bonchev–Trinajstić information content (AvgIpc) is 3.23. The predicted molar refractivity (Wildman–Crippen MR) is 87.4 cm³/mol. The molecule has 1 aromatic rings. The first kappa shape index (κ1) is 14.6. The topological polar surface area (TPSA) is 55.0 Å². The van der Waals surface area contributed by atoms with Crippen LogP contribution in [0.25, 0.3) is 0 Å². The molecule has 2 heterocycles. The van der Waals surface area contributed by atoms with Crippen LogP contribution in [0.15, 0.2) is 6.07 Å². The largest absolute Gasteiger partial charge is 0.384 e. The zero-order valence-electron chi connectivity index (χ0n) is 13.6. The molecule has 3 rings (SSSR count). The molecule has 0 radical (unpaired) electrons. The Bertz CT molecular complexity index is 502. The lowest BCUT2D eigenvalue weighted by atomic mass is 9.77. The standard InChI is InChI=1S/C17H28N4/c1-17(2,3)13-5-4-9-21(10-8-13)15-11-14(18)19-16(20-15)12-6-7-12/h11-13H,4-10H2,1-3H3,(H2,18,19,20). The predicted octanol–water partition coefficient (Wildman–Crippen LogP) is 3.59. The van der Waals surface area contributed by atoms with E-state index in [-0.39, 0.29) is 0 Å². The molecule has 0 aromatic carbocycles. The van der Waals surface area contributed by atoms with Gasteiger partial charge in [0.2, 0.25) is 0 Å². The molecule has 2 N–H and O–H groups in total. The van der Waals surface area contributed by atoms with Crippen LogP contribution in [0.3, 0.4) is 0 Å². The van der Waals surface area contributed by atoms with Gasteiger partial charge in [-0.15, -0.1) is 0 Å². The number of hydrogen-bond donors (Lipinski definition) is 1. The molecule has 2 fully saturated rings. The first-order valence-corrected chi connectivity index (χ1v) is 8.33. The van der Waals surface area contributed by atoms with Gasteiger partial charge >= 0.3 is 0 Å². The summed E-state index contributed by atoms with van der Waals surface area (Å²) in [6, 6.07) is 1.95. The molecule has 1 saturated heterocycles. The van der Waals surface area contributed by atoms with E-state index in [0.29, 0.717) is 17.2 Å². The molecule has 1 aliphatic heterocycles. The minimum atomic E-state index is 0.403. The molecular formula is C17H28N4. The molecule has 1 saturated carbocycles. The van der Waals surface area contributed by atoms with Crippen LogP contribution in [-0.4, -0.2) is 23.1 Å². The van der Waals surface area contributed by atoms with E-state index in [1.54, 1.807) is 0 Å². The Morgan fingerprint density at radius 1 is 1.10 bits per heavy atom. The van der Waals surface area contributed by atoms with E-state index in [0.717, 1.165) is 30.6 Å². The zero-order valence-corrected chi connectivity index (χ0v) is 13.6. The van der Waals surface area contributed by atoms with Gasteiger partial charge in [0.1, 0.15) is 17.5 Å². The van der Waals surface area contributed by atoms with Gasteiger partial charge in [0, 0.05) is 25.1 Å². The quantitative estimate of drug-likeness (QED) is 0.903. The Kier molecular flexibility index (Phi) is 3.80. The molecule has 0 amide bonds. The van der Waals surface area contributed by atoms with Gasteiger partial charge in [-0.1, -0.05) is 20.8 Å². The van der Waals surface area contributed by atoms with Crippen LogP contribution in [0.2, 0.25) is 0 Å². The molecule has 116 valence electrons. The molecule has 4 nitrogen and oxygen atoms in total. The van der Waals surface area contributed by atoms with Gasteiger partial charge in [0.15, 0.2) is 0 Å². The van der Waals surface area contributed by atoms with E-state index in [2.05, 4.69) is 30.7 Å². The summed E-state index contributed by atoms with van der Waals surface area (Å²) in [7, 11) is 0. The summed E-state index contributed by atoms with van der Waals surface area (Å²) >= 11 is 0. The summed E-state index contributed by atoms with van der Waals surface area (Å²) in [4.78, 5) is 11.6. The van der Waals surface area contributed by atoms with Crippen molar-refractivity contribution in [1.82, 2.24) is 9.97 Å². The van der Waals surface area contributed by atoms with Crippen molar-refractivity contribution in [3.05, 3.63) is 11.9 Å². The lowest BCUT2D eigenvalue weighted by molar-refractivity contribution is 0.220. The fraction of sp³-hybridized carbons (Fsp3) is 0.765. The van der Waals surface area contributed by atoms with Crippen molar-refractivity contribution >= 4 is 11.6 Å². The Morgan fingerprint density at radius 2 is 1.86 bits per heavy atom. The van der Waals surface area contributed by atoms with Crippen LogP contribution in [0, 0.1) is 11.3 Å². The molecular weight excluding hydrogens is 260 g/mol. The third-order valence-electron chi connectivity index (χ3n) is 4.97. The van der Waals surface area contributed by atoms with Crippen molar-refractivity contribution in [2.45, 2.75) is 58.8 Å². The van der Waals surface area contributed by atoms with E-state index >= 15 is 0 Å². The van der Waals surface area contributed by atoms with Crippen molar-refractivity contribution in [1.29, 1.82) is 0 Å². The number of aromatic nitrogens is 2. The Morgan fingerprint density at radius 3 is 2.52 bits per heavy atom. The first-order chi connectivity index (χ1) is 9.93. The van der Waals surface area contributed by atoms with Crippen LogP contribution in [-0.2, 0) is 0 Å². The van der Waals surface area contributed by atoms with E-state index in [1.807, 2.05) is 6.07 Å². The number of nitrogens with zero attached hydrogens (tertiary/aromatic N) is 3. The molecule has 1 aromatic heterocycles. The fourth-order valence-electron chi connectivity index (χ4n) is 3.35. The average molecular weight is 288 g/mol.